The quantitative estimate of drug-likeness (QED) is 0.475. The van der Waals surface area contributed by atoms with Crippen LogP contribution < -0.4 is 14.2 Å². The van der Waals surface area contributed by atoms with Gasteiger partial charge in [-0.05, 0) is 19.1 Å². The van der Waals surface area contributed by atoms with Crippen molar-refractivity contribution in [3.05, 3.63) is 64.0 Å². The number of ketones is 2. The van der Waals surface area contributed by atoms with Crippen molar-refractivity contribution >= 4 is 46.0 Å². The standard InChI is InChI=1S/C27H23ClN2O6/c1-13-10-18(31)16(12-29-17-7-5-6-15-9-8-14(2)30-23(15)17)25(32)27(13)26(33)21-19(34-3)11-20(35-4)22(28)24(21)36-27/h5-9,11-13,32H,10H2,1-4H3/t13-,27+/m1/s1. The highest BCUT2D eigenvalue weighted by Gasteiger charge is 2.60. The van der Waals surface area contributed by atoms with Crippen LogP contribution in [0.4, 0.5) is 5.69 Å². The Balaban J connectivity index is 1.65. The Morgan fingerprint density at radius 3 is 2.67 bits per heavy atom. The first-order valence-electron chi connectivity index (χ1n) is 11.3. The summed E-state index contributed by atoms with van der Waals surface area (Å²) in [6.45, 7) is 3.54. The zero-order chi connectivity index (χ0) is 25.8. The van der Waals surface area contributed by atoms with Gasteiger partial charge in [-0.3, -0.25) is 19.6 Å². The molecule has 1 aromatic heterocycles. The first-order valence-corrected chi connectivity index (χ1v) is 11.7. The van der Waals surface area contributed by atoms with Gasteiger partial charge in [0, 0.05) is 35.7 Å². The van der Waals surface area contributed by atoms with Crippen molar-refractivity contribution in [3.63, 3.8) is 0 Å². The summed E-state index contributed by atoms with van der Waals surface area (Å²) in [5.41, 5.74) is 0.117. The molecule has 3 aromatic rings. The summed E-state index contributed by atoms with van der Waals surface area (Å²) in [6, 6.07) is 10.8. The lowest BCUT2D eigenvalue weighted by atomic mass is 9.73. The fraction of sp³-hybridized carbons (Fsp3) is 0.259. The van der Waals surface area contributed by atoms with Gasteiger partial charge in [0.25, 0.3) is 0 Å². The number of hydrogen-bond donors (Lipinski definition) is 1. The zero-order valence-electron chi connectivity index (χ0n) is 20.1. The highest BCUT2D eigenvalue weighted by atomic mass is 35.5. The molecular weight excluding hydrogens is 484 g/mol. The molecule has 0 saturated carbocycles. The van der Waals surface area contributed by atoms with E-state index in [-0.39, 0.29) is 45.6 Å². The van der Waals surface area contributed by atoms with Crippen LogP contribution in [0.2, 0.25) is 5.02 Å². The summed E-state index contributed by atoms with van der Waals surface area (Å²) in [4.78, 5) is 35.8. The van der Waals surface area contributed by atoms with Gasteiger partial charge in [-0.15, -0.1) is 0 Å². The number of ether oxygens (including phenoxy) is 3. The molecule has 5 rings (SSSR count). The molecule has 1 aliphatic heterocycles. The number of aliphatic hydroxyl groups is 1. The first-order chi connectivity index (χ1) is 17.2. The van der Waals surface area contributed by atoms with Gasteiger partial charge in [-0.25, -0.2) is 0 Å². The van der Waals surface area contributed by atoms with Crippen LogP contribution in [0.15, 0.2) is 52.7 Å². The topological polar surface area (TPSA) is 107 Å². The number of halogens is 1. The highest BCUT2D eigenvalue weighted by molar-refractivity contribution is 6.35. The van der Waals surface area contributed by atoms with Crippen LogP contribution in [0.5, 0.6) is 17.2 Å². The minimum Gasteiger partial charge on any atom is -0.507 e. The molecule has 0 unspecified atom stereocenters. The van der Waals surface area contributed by atoms with Gasteiger partial charge in [0.1, 0.15) is 22.1 Å². The fourth-order valence-corrected chi connectivity index (χ4v) is 5.04. The molecule has 1 N–H and O–H groups in total. The van der Waals surface area contributed by atoms with E-state index >= 15 is 0 Å². The monoisotopic (exact) mass is 506 g/mol. The molecule has 9 heteroatoms. The molecule has 1 aliphatic carbocycles. The van der Waals surface area contributed by atoms with Crippen LogP contribution in [0.3, 0.4) is 0 Å². The first kappa shape index (κ1) is 23.8. The molecule has 2 aliphatic rings. The second kappa shape index (κ2) is 8.64. The molecule has 2 heterocycles. The average Bonchev–Trinajstić information content (AvgIpc) is 3.18. The molecular formula is C27H23ClN2O6. The van der Waals surface area contributed by atoms with Crippen molar-refractivity contribution in [3.8, 4) is 17.2 Å². The van der Waals surface area contributed by atoms with Crippen LogP contribution in [0, 0.1) is 12.8 Å². The molecule has 36 heavy (non-hydrogen) atoms. The molecule has 2 atom stereocenters. The SMILES string of the molecule is COc1cc(OC)c2c(c1Cl)O[C@]1(C2=O)C(O)=C(C=Nc2cccc3ccc(C)nc23)C(=O)C[C@H]1C. The summed E-state index contributed by atoms with van der Waals surface area (Å²) in [6.07, 6.45) is 1.22. The van der Waals surface area contributed by atoms with Crippen LogP contribution >= 0.6 is 11.6 Å². The predicted molar refractivity (Wildman–Crippen MR) is 135 cm³/mol. The van der Waals surface area contributed by atoms with Crippen LogP contribution in [-0.4, -0.2) is 47.7 Å². The Hall–Kier alpha value is -3.91. The van der Waals surface area contributed by atoms with Gasteiger partial charge < -0.3 is 19.3 Å². The minimum atomic E-state index is -1.85. The lowest BCUT2D eigenvalue weighted by Gasteiger charge is -2.36. The predicted octanol–water partition coefficient (Wildman–Crippen LogP) is 5.35. The summed E-state index contributed by atoms with van der Waals surface area (Å²) < 4.78 is 16.8. The number of para-hydroxylation sites is 1. The van der Waals surface area contributed by atoms with Gasteiger partial charge in [0.2, 0.25) is 11.4 Å². The summed E-state index contributed by atoms with van der Waals surface area (Å²) in [5.74, 6) is -1.63. The number of methoxy groups -OCH3 is 2. The third-order valence-corrected chi connectivity index (χ3v) is 7.04. The van der Waals surface area contributed by atoms with E-state index in [0.29, 0.717) is 11.2 Å². The number of aromatic nitrogens is 1. The lowest BCUT2D eigenvalue weighted by Crippen LogP contribution is -2.52. The van der Waals surface area contributed by atoms with E-state index in [1.165, 1.54) is 26.5 Å². The molecule has 8 nitrogen and oxygen atoms in total. The maximum atomic E-state index is 13.8. The van der Waals surface area contributed by atoms with Gasteiger partial charge in [-0.2, -0.15) is 0 Å². The number of nitrogens with zero attached hydrogens (tertiary/aromatic N) is 2. The number of fused-ring (bicyclic) bond motifs is 2. The van der Waals surface area contributed by atoms with Gasteiger partial charge >= 0.3 is 0 Å². The summed E-state index contributed by atoms with van der Waals surface area (Å²) in [7, 11) is 2.83. The van der Waals surface area contributed by atoms with E-state index in [1.54, 1.807) is 13.0 Å². The van der Waals surface area contributed by atoms with Crippen LogP contribution in [0.25, 0.3) is 10.9 Å². The molecule has 184 valence electrons. The maximum Gasteiger partial charge on any atom is 0.231 e. The van der Waals surface area contributed by atoms with Gasteiger partial charge in [0.15, 0.2) is 17.3 Å². The Labute approximate surface area is 212 Å². The second-order valence-electron chi connectivity index (χ2n) is 8.82. The molecule has 2 aromatic carbocycles. The number of hydrogen-bond acceptors (Lipinski definition) is 8. The normalized spacial score (nSPS) is 21.4. The third kappa shape index (κ3) is 3.36. The third-order valence-electron chi connectivity index (χ3n) is 6.68. The zero-order valence-corrected chi connectivity index (χ0v) is 20.8. The molecule has 0 bridgehead atoms. The average molecular weight is 507 g/mol. The molecule has 0 fully saturated rings. The van der Waals surface area contributed by atoms with Gasteiger partial charge in [-0.1, -0.05) is 36.7 Å². The lowest BCUT2D eigenvalue weighted by molar-refractivity contribution is -0.118. The Bertz CT molecular complexity index is 1510. The highest BCUT2D eigenvalue weighted by Crippen LogP contribution is 2.54. The molecule has 0 radical (unpaired) electrons. The van der Waals surface area contributed by atoms with Crippen molar-refractivity contribution < 1.29 is 28.9 Å². The number of benzene rings is 2. The number of rotatable bonds is 4. The van der Waals surface area contributed by atoms with Crippen molar-refractivity contribution in [1.29, 1.82) is 0 Å². The number of pyridine rings is 1. The van der Waals surface area contributed by atoms with Gasteiger partial charge in [0.05, 0.1) is 31.0 Å². The van der Waals surface area contributed by atoms with E-state index in [4.69, 9.17) is 25.8 Å². The van der Waals surface area contributed by atoms with E-state index in [1.807, 2.05) is 31.2 Å². The number of Topliss-reactive ketones (excluding diaryl/α,β-unsaturated/α-hetero) is 2. The number of allylic oxidation sites excluding steroid dienone is 1. The van der Waals surface area contributed by atoms with Crippen molar-refractivity contribution in [1.82, 2.24) is 4.98 Å². The van der Waals surface area contributed by atoms with E-state index in [9.17, 15) is 14.7 Å². The molecule has 0 saturated heterocycles. The summed E-state index contributed by atoms with van der Waals surface area (Å²) >= 11 is 6.47. The number of aryl methyl sites for hydroxylation is 1. The number of aliphatic hydroxyl groups excluding tert-OH is 1. The maximum absolute atomic E-state index is 13.8. The van der Waals surface area contributed by atoms with E-state index in [2.05, 4.69) is 9.98 Å². The molecule has 1 spiro atoms. The van der Waals surface area contributed by atoms with Crippen LogP contribution in [0.1, 0.15) is 29.4 Å². The fourth-order valence-electron chi connectivity index (χ4n) is 4.78. The minimum absolute atomic E-state index is 0.0376. The van der Waals surface area contributed by atoms with E-state index < -0.39 is 23.1 Å². The smallest absolute Gasteiger partial charge is 0.231 e. The Morgan fingerprint density at radius 2 is 1.94 bits per heavy atom. The van der Waals surface area contributed by atoms with Crippen molar-refractivity contribution in [2.24, 2.45) is 10.9 Å². The summed E-state index contributed by atoms with van der Waals surface area (Å²) in [5, 5.41) is 12.4. The number of carbonyl (C=O) groups excluding carboxylic acids is 2. The Kier molecular flexibility index (Phi) is 5.71. The second-order valence-corrected chi connectivity index (χ2v) is 9.19. The molecule has 0 amide bonds. The van der Waals surface area contributed by atoms with Crippen molar-refractivity contribution in [2.45, 2.75) is 25.9 Å². The number of aliphatic imine (C=N–C) groups is 1. The Morgan fingerprint density at radius 1 is 1.19 bits per heavy atom. The van der Waals surface area contributed by atoms with Crippen LogP contribution in [-0.2, 0) is 4.79 Å². The largest absolute Gasteiger partial charge is 0.507 e. The number of carbonyl (C=O) groups is 2. The van der Waals surface area contributed by atoms with E-state index in [0.717, 1.165) is 11.1 Å². The van der Waals surface area contributed by atoms with Crippen molar-refractivity contribution in [2.75, 3.05) is 14.2 Å².